The zero-order valence-electron chi connectivity index (χ0n) is 55.2. The smallest absolute Gasteiger partial charge is 0.305 e. The van der Waals surface area contributed by atoms with Gasteiger partial charge in [-0.05, 0) is 89.9 Å². The second-order valence-corrected chi connectivity index (χ2v) is 25.3. The first-order valence-electron chi connectivity index (χ1n) is 36.9. The van der Waals surface area contributed by atoms with Gasteiger partial charge >= 0.3 is 5.97 Å². The lowest BCUT2D eigenvalue weighted by atomic mass is 10.0. The third-order valence-electron chi connectivity index (χ3n) is 17.1. The van der Waals surface area contributed by atoms with Crippen LogP contribution in [0.5, 0.6) is 0 Å². The Hall–Kier alpha value is -2.18. The van der Waals surface area contributed by atoms with E-state index >= 15 is 0 Å². The molecule has 0 aromatic rings. The monoisotopic (exact) mass is 1150 g/mol. The van der Waals surface area contributed by atoms with Gasteiger partial charge in [-0.15, -0.1) is 0 Å². The lowest BCUT2D eigenvalue weighted by Gasteiger charge is -2.20. The summed E-state index contributed by atoms with van der Waals surface area (Å²) in [6, 6.07) is -0.628. The first-order chi connectivity index (χ1) is 40.5. The van der Waals surface area contributed by atoms with E-state index in [0.29, 0.717) is 19.4 Å². The molecule has 0 aliphatic rings. The molecule has 0 spiro atoms. The highest BCUT2D eigenvalue weighted by molar-refractivity contribution is 5.76. The van der Waals surface area contributed by atoms with Gasteiger partial charge in [0.25, 0.3) is 0 Å². The maximum absolute atomic E-state index is 12.5. The van der Waals surface area contributed by atoms with Crippen molar-refractivity contribution in [2.75, 3.05) is 13.2 Å². The number of hydrogen-bond acceptors (Lipinski definition) is 5. The summed E-state index contributed by atoms with van der Waals surface area (Å²) in [5, 5.41) is 23.2. The molecule has 0 saturated carbocycles. The zero-order chi connectivity index (χ0) is 59.2. The summed E-state index contributed by atoms with van der Waals surface area (Å²) in [7, 11) is 0. The van der Waals surface area contributed by atoms with Crippen LogP contribution in [0.3, 0.4) is 0 Å². The molecule has 0 radical (unpaired) electrons. The van der Waals surface area contributed by atoms with Gasteiger partial charge in [0.2, 0.25) is 5.91 Å². The quantitative estimate of drug-likeness (QED) is 0.0320. The largest absolute Gasteiger partial charge is 0.466 e. The molecule has 0 aromatic carbocycles. The number of unbranched alkanes of at least 4 members (excludes halogenated alkanes) is 52. The summed E-state index contributed by atoms with van der Waals surface area (Å²) in [5.41, 5.74) is 0. The summed E-state index contributed by atoms with van der Waals surface area (Å²) in [6.45, 7) is 4.91. The van der Waals surface area contributed by atoms with Gasteiger partial charge in [0.05, 0.1) is 25.4 Å². The molecule has 0 bridgehead atoms. The van der Waals surface area contributed by atoms with Crippen LogP contribution in [0.2, 0.25) is 0 Å². The highest BCUT2D eigenvalue weighted by Crippen LogP contribution is 2.18. The van der Waals surface area contributed by atoms with Crippen LogP contribution in [-0.4, -0.2) is 47.4 Å². The van der Waals surface area contributed by atoms with Crippen molar-refractivity contribution in [3.8, 4) is 0 Å². The fraction of sp³-hybridized carbons (Fsp3) is 0.868. The predicted molar refractivity (Wildman–Crippen MR) is 361 cm³/mol. The molecular formula is C76H143NO5. The SMILES string of the molecule is CCCCCC/C=C\CCCCCCCC(=O)OCCCCCCCCCCC/C=C\C/C=C\CCCCCCCCCCCCCCCCCCCC(=O)NC(CO)C(O)/C=C/CCCCCCCCCCCCCCCCCCC. The molecule has 1 amide bonds. The lowest BCUT2D eigenvalue weighted by Crippen LogP contribution is -2.45. The van der Waals surface area contributed by atoms with E-state index in [1.54, 1.807) is 6.08 Å². The van der Waals surface area contributed by atoms with Crippen molar-refractivity contribution >= 4 is 11.9 Å². The Morgan fingerprint density at radius 3 is 0.951 bits per heavy atom. The molecule has 2 atom stereocenters. The molecule has 0 heterocycles. The van der Waals surface area contributed by atoms with Crippen molar-refractivity contribution < 1.29 is 24.5 Å². The highest BCUT2D eigenvalue weighted by Gasteiger charge is 2.18. The van der Waals surface area contributed by atoms with E-state index in [0.717, 1.165) is 51.4 Å². The standard InChI is InChI=1S/C76H143NO5/c1-3-5-7-9-11-13-15-17-18-19-35-38-41-45-48-52-56-60-64-68-74(79)73(72-78)77-75(80)69-65-61-57-53-49-46-42-39-36-33-31-29-27-25-23-21-20-22-24-26-28-30-32-34-37-40-43-47-51-55-59-63-67-71-82-76(81)70-66-62-58-54-50-44-16-14-12-10-8-6-4-2/h14,16,24,26,30,32,64,68,73-74,78-79H,3-13,15,17-23,25,27-29,31,33-63,65-67,69-72H2,1-2H3,(H,77,80)/b16-14-,26-24-,32-30-,68-64+. The number of rotatable bonds is 69. The number of carbonyl (C=O) groups is 2. The molecular weight excluding hydrogens is 1010 g/mol. The van der Waals surface area contributed by atoms with Crippen LogP contribution < -0.4 is 5.32 Å². The van der Waals surface area contributed by atoms with Crippen molar-refractivity contribution in [1.82, 2.24) is 5.32 Å². The van der Waals surface area contributed by atoms with E-state index in [1.165, 1.54) is 321 Å². The molecule has 0 aromatic heterocycles. The number of nitrogens with one attached hydrogen (secondary N) is 1. The van der Waals surface area contributed by atoms with Gasteiger partial charge in [-0.3, -0.25) is 9.59 Å². The van der Waals surface area contributed by atoms with Gasteiger partial charge in [0.1, 0.15) is 0 Å². The second-order valence-electron chi connectivity index (χ2n) is 25.3. The van der Waals surface area contributed by atoms with Crippen LogP contribution in [0.25, 0.3) is 0 Å². The molecule has 0 aliphatic heterocycles. The lowest BCUT2D eigenvalue weighted by molar-refractivity contribution is -0.143. The summed E-state index contributed by atoms with van der Waals surface area (Å²) in [6.07, 6.45) is 93.5. The van der Waals surface area contributed by atoms with E-state index in [9.17, 15) is 19.8 Å². The third-order valence-corrected chi connectivity index (χ3v) is 17.1. The second kappa shape index (κ2) is 71.3. The van der Waals surface area contributed by atoms with Gasteiger partial charge in [0, 0.05) is 12.8 Å². The molecule has 82 heavy (non-hydrogen) atoms. The van der Waals surface area contributed by atoms with E-state index in [-0.39, 0.29) is 18.5 Å². The van der Waals surface area contributed by atoms with Crippen LogP contribution in [0.1, 0.15) is 399 Å². The van der Waals surface area contributed by atoms with E-state index in [2.05, 4.69) is 55.6 Å². The number of allylic oxidation sites excluding steroid dienone is 7. The molecule has 482 valence electrons. The average molecular weight is 1150 g/mol. The molecule has 2 unspecified atom stereocenters. The minimum Gasteiger partial charge on any atom is -0.466 e. The Morgan fingerprint density at radius 1 is 0.341 bits per heavy atom. The Morgan fingerprint density at radius 2 is 0.610 bits per heavy atom. The number of hydrogen-bond donors (Lipinski definition) is 3. The predicted octanol–water partition coefficient (Wildman–Crippen LogP) is 24.0. The highest BCUT2D eigenvalue weighted by atomic mass is 16.5. The molecule has 0 saturated heterocycles. The van der Waals surface area contributed by atoms with Gasteiger partial charge in [-0.25, -0.2) is 0 Å². The first kappa shape index (κ1) is 79.8. The van der Waals surface area contributed by atoms with E-state index in [1.807, 2.05) is 6.08 Å². The zero-order valence-corrected chi connectivity index (χ0v) is 55.2. The van der Waals surface area contributed by atoms with Crippen molar-refractivity contribution in [2.45, 2.75) is 411 Å². The number of aliphatic hydroxyl groups is 2. The molecule has 6 heteroatoms. The number of ether oxygens (including phenoxy) is 1. The Labute approximate surface area is 512 Å². The van der Waals surface area contributed by atoms with Crippen LogP contribution in [0.15, 0.2) is 48.6 Å². The topological polar surface area (TPSA) is 95.9 Å². The Balaban J connectivity index is 3.41. The minimum absolute atomic E-state index is 0.00480. The Kier molecular flexibility index (Phi) is 69.4. The fourth-order valence-corrected chi connectivity index (χ4v) is 11.4. The van der Waals surface area contributed by atoms with E-state index < -0.39 is 12.1 Å². The minimum atomic E-state index is -0.844. The summed E-state index contributed by atoms with van der Waals surface area (Å²) < 4.78 is 5.48. The molecule has 3 N–H and O–H groups in total. The van der Waals surface area contributed by atoms with Crippen molar-refractivity contribution in [3.63, 3.8) is 0 Å². The molecule has 0 fully saturated rings. The van der Waals surface area contributed by atoms with Crippen molar-refractivity contribution in [3.05, 3.63) is 48.6 Å². The number of esters is 1. The first-order valence-corrected chi connectivity index (χ1v) is 36.9. The summed E-state index contributed by atoms with van der Waals surface area (Å²) in [4.78, 5) is 24.6. The number of amides is 1. The van der Waals surface area contributed by atoms with Gasteiger partial charge in [-0.2, -0.15) is 0 Å². The van der Waals surface area contributed by atoms with Gasteiger partial charge in [-0.1, -0.05) is 345 Å². The van der Waals surface area contributed by atoms with Crippen molar-refractivity contribution in [1.29, 1.82) is 0 Å². The van der Waals surface area contributed by atoms with Gasteiger partial charge < -0.3 is 20.3 Å². The molecule has 0 rings (SSSR count). The van der Waals surface area contributed by atoms with Crippen LogP contribution in [-0.2, 0) is 14.3 Å². The van der Waals surface area contributed by atoms with Crippen LogP contribution in [0.4, 0.5) is 0 Å². The number of aliphatic hydroxyl groups excluding tert-OH is 2. The van der Waals surface area contributed by atoms with Crippen molar-refractivity contribution in [2.24, 2.45) is 0 Å². The van der Waals surface area contributed by atoms with Crippen LogP contribution >= 0.6 is 0 Å². The normalized spacial score (nSPS) is 12.8. The third kappa shape index (κ3) is 67.0. The summed E-state index contributed by atoms with van der Waals surface area (Å²) >= 11 is 0. The molecule has 0 aliphatic carbocycles. The molecule has 6 nitrogen and oxygen atoms in total. The van der Waals surface area contributed by atoms with E-state index in [4.69, 9.17) is 4.74 Å². The van der Waals surface area contributed by atoms with Gasteiger partial charge in [0.15, 0.2) is 0 Å². The fourth-order valence-electron chi connectivity index (χ4n) is 11.4. The Bertz CT molecular complexity index is 1370. The van der Waals surface area contributed by atoms with Crippen LogP contribution in [0, 0.1) is 0 Å². The average Bonchev–Trinajstić information content (AvgIpc) is 3.48. The summed E-state index contributed by atoms with van der Waals surface area (Å²) in [5.74, 6) is -0.0581. The number of carbonyl (C=O) groups excluding carboxylic acids is 2. The maximum atomic E-state index is 12.5. The maximum Gasteiger partial charge on any atom is 0.305 e.